The van der Waals surface area contributed by atoms with Crippen LogP contribution in [-0.2, 0) is 14.3 Å². The number of esters is 1. The van der Waals surface area contributed by atoms with E-state index in [1.54, 1.807) is 20.8 Å². The number of ether oxygens (including phenoxy) is 1. The average molecular weight is 211 g/mol. The molecular weight excluding hydrogens is 194 g/mol. The van der Waals surface area contributed by atoms with Gasteiger partial charge in [0, 0.05) is 12.0 Å². The zero-order valence-corrected chi connectivity index (χ0v) is 9.42. The van der Waals surface area contributed by atoms with Gasteiger partial charge in [-0.05, 0) is 0 Å². The monoisotopic (exact) mass is 211 g/mol. The van der Waals surface area contributed by atoms with E-state index in [0.29, 0.717) is 0 Å². The maximum atomic E-state index is 11.4. The lowest BCUT2D eigenvalue weighted by Gasteiger charge is -2.17. The molecule has 0 fully saturated rings. The minimum Gasteiger partial charge on any atom is -0.452 e. The molecule has 0 aliphatic carbocycles. The minimum atomic E-state index is -0.442. The highest BCUT2D eigenvalue weighted by Gasteiger charge is 2.20. The summed E-state index contributed by atoms with van der Waals surface area (Å²) in [7, 11) is 0. The second-order valence-electron chi connectivity index (χ2n) is 4.12. The third kappa shape index (κ3) is 6.55. The van der Waals surface area contributed by atoms with Crippen LogP contribution < -0.4 is 5.32 Å². The van der Waals surface area contributed by atoms with Crippen molar-refractivity contribution < 1.29 is 14.3 Å². The molecule has 1 N–H and O–H groups in total. The summed E-state index contributed by atoms with van der Waals surface area (Å²) in [6, 6.07) is 0. The van der Waals surface area contributed by atoms with Crippen LogP contribution in [0.1, 0.15) is 27.2 Å². The van der Waals surface area contributed by atoms with Gasteiger partial charge in [0.25, 0.3) is 0 Å². The molecule has 0 atom stereocenters. The Balaban J connectivity index is 3.68. The van der Waals surface area contributed by atoms with Crippen LogP contribution in [-0.4, -0.2) is 25.0 Å². The van der Waals surface area contributed by atoms with Gasteiger partial charge in [0.1, 0.15) is 0 Å². The molecule has 0 spiro atoms. The van der Waals surface area contributed by atoms with Gasteiger partial charge in [0.2, 0.25) is 5.91 Å². The molecule has 0 bridgehead atoms. The van der Waals surface area contributed by atoms with Crippen molar-refractivity contribution in [1.82, 2.24) is 5.32 Å². The average Bonchev–Trinajstić information content (AvgIpc) is 2.13. The smallest absolute Gasteiger partial charge is 0.308 e. The van der Waals surface area contributed by atoms with Crippen molar-refractivity contribution in [1.29, 1.82) is 0 Å². The van der Waals surface area contributed by atoms with Crippen LogP contribution in [0.25, 0.3) is 0 Å². The fourth-order valence-electron chi connectivity index (χ4n) is 0.738. The van der Waals surface area contributed by atoms with Crippen LogP contribution in [0, 0.1) is 17.8 Å². The second kappa shape index (κ2) is 6.07. The lowest BCUT2D eigenvalue weighted by Crippen LogP contribution is -2.36. The van der Waals surface area contributed by atoms with Crippen molar-refractivity contribution in [2.45, 2.75) is 27.2 Å². The fraction of sp³-hybridized carbons (Fsp3) is 0.636. The summed E-state index contributed by atoms with van der Waals surface area (Å²) in [4.78, 5) is 22.3. The zero-order valence-electron chi connectivity index (χ0n) is 9.42. The Morgan fingerprint density at radius 3 is 2.47 bits per heavy atom. The Bertz CT molecular complexity index is 271. The maximum absolute atomic E-state index is 11.4. The highest BCUT2D eigenvalue weighted by molar-refractivity contribution is 5.81. The van der Waals surface area contributed by atoms with Gasteiger partial charge < -0.3 is 10.1 Å². The molecule has 84 valence electrons. The first-order chi connectivity index (χ1) is 6.88. The van der Waals surface area contributed by atoms with E-state index in [9.17, 15) is 9.59 Å². The Labute approximate surface area is 90.4 Å². The Kier molecular flexibility index (Phi) is 5.46. The standard InChI is InChI=1S/C11H17NO3/c1-5-8-15-9(13)6-7-12-10(14)11(2,3)4/h1H,6-8H2,2-4H3,(H,12,14). The van der Waals surface area contributed by atoms with Crippen molar-refractivity contribution in [3.8, 4) is 12.3 Å². The summed E-state index contributed by atoms with van der Waals surface area (Å²) < 4.78 is 4.63. The molecule has 0 aliphatic heterocycles. The summed E-state index contributed by atoms with van der Waals surface area (Å²) >= 11 is 0. The summed E-state index contributed by atoms with van der Waals surface area (Å²) in [5.41, 5.74) is -0.442. The van der Waals surface area contributed by atoms with Crippen LogP contribution in [0.3, 0.4) is 0 Å². The minimum absolute atomic E-state index is 0.0218. The van der Waals surface area contributed by atoms with Crippen LogP contribution in [0.2, 0.25) is 0 Å². The van der Waals surface area contributed by atoms with Crippen LogP contribution in [0.15, 0.2) is 0 Å². The normalized spacial score (nSPS) is 10.3. The van der Waals surface area contributed by atoms with Gasteiger partial charge in [0.15, 0.2) is 6.61 Å². The molecule has 0 aromatic rings. The number of hydrogen-bond acceptors (Lipinski definition) is 3. The van der Waals surface area contributed by atoms with E-state index in [1.165, 1.54) is 0 Å². The van der Waals surface area contributed by atoms with Crippen LogP contribution in [0.5, 0.6) is 0 Å². The molecule has 0 aromatic carbocycles. The number of carbonyl (C=O) groups excluding carboxylic acids is 2. The quantitative estimate of drug-likeness (QED) is 0.550. The first-order valence-corrected chi connectivity index (χ1v) is 4.75. The highest BCUT2D eigenvalue weighted by Crippen LogP contribution is 2.11. The number of amides is 1. The molecule has 0 saturated carbocycles. The fourth-order valence-corrected chi connectivity index (χ4v) is 0.738. The van der Waals surface area contributed by atoms with Gasteiger partial charge in [-0.25, -0.2) is 0 Å². The lowest BCUT2D eigenvalue weighted by atomic mass is 9.96. The molecule has 0 radical (unpaired) electrons. The largest absolute Gasteiger partial charge is 0.452 e. The predicted molar refractivity (Wildman–Crippen MR) is 56.9 cm³/mol. The van der Waals surface area contributed by atoms with Gasteiger partial charge in [-0.15, -0.1) is 6.42 Å². The van der Waals surface area contributed by atoms with Gasteiger partial charge in [-0.2, -0.15) is 0 Å². The zero-order chi connectivity index (χ0) is 11.9. The Hall–Kier alpha value is -1.50. The molecule has 1 amide bonds. The van der Waals surface area contributed by atoms with Crippen molar-refractivity contribution >= 4 is 11.9 Å². The van der Waals surface area contributed by atoms with Crippen molar-refractivity contribution in [3.63, 3.8) is 0 Å². The molecule has 0 unspecified atom stereocenters. The first-order valence-electron chi connectivity index (χ1n) is 4.75. The lowest BCUT2D eigenvalue weighted by molar-refractivity contribution is -0.142. The summed E-state index contributed by atoms with van der Waals surface area (Å²) in [5, 5.41) is 2.64. The molecule has 4 nitrogen and oxygen atoms in total. The SMILES string of the molecule is C#CCOC(=O)CCNC(=O)C(C)(C)C. The van der Waals surface area contributed by atoms with Gasteiger partial charge >= 0.3 is 5.97 Å². The molecule has 15 heavy (non-hydrogen) atoms. The number of rotatable bonds is 4. The van der Waals surface area contributed by atoms with E-state index in [0.717, 1.165) is 0 Å². The Morgan fingerprint density at radius 1 is 1.40 bits per heavy atom. The van der Waals surface area contributed by atoms with E-state index in [4.69, 9.17) is 6.42 Å². The summed E-state index contributed by atoms with van der Waals surface area (Å²) in [5.74, 6) is 1.70. The van der Waals surface area contributed by atoms with Crippen molar-refractivity contribution in [2.24, 2.45) is 5.41 Å². The number of carbonyl (C=O) groups is 2. The predicted octanol–water partition coefficient (Wildman–Crippen LogP) is 0.715. The van der Waals surface area contributed by atoms with E-state index in [1.807, 2.05) is 0 Å². The third-order valence-corrected chi connectivity index (χ3v) is 1.61. The maximum Gasteiger partial charge on any atom is 0.308 e. The van der Waals surface area contributed by atoms with Crippen LogP contribution in [0.4, 0.5) is 0 Å². The van der Waals surface area contributed by atoms with E-state index >= 15 is 0 Å². The van der Waals surface area contributed by atoms with E-state index in [-0.39, 0.29) is 25.5 Å². The van der Waals surface area contributed by atoms with E-state index in [2.05, 4.69) is 16.0 Å². The molecule has 0 aliphatic rings. The van der Waals surface area contributed by atoms with Gasteiger partial charge in [-0.1, -0.05) is 26.7 Å². The van der Waals surface area contributed by atoms with Crippen molar-refractivity contribution in [3.05, 3.63) is 0 Å². The number of nitrogens with one attached hydrogen (secondary N) is 1. The molecule has 0 saturated heterocycles. The van der Waals surface area contributed by atoms with Gasteiger partial charge in [-0.3, -0.25) is 9.59 Å². The molecule has 0 aromatic heterocycles. The Morgan fingerprint density at radius 2 is 2.00 bits per heavy atom. The molecule has 4 heteroatoms. The summed E-state index contributed by atoms with van der Waals surface area (Å²) in [6.45, 7) is 5.67. The van der Waals surface area contributed by atoms with Gasteiger partial charge in [0.05, 0.1) is 6.42 Å². The molecule has 0 rings (SSSR count). The topological polar surface area (TPSA) is 55.4 Å². The highest BCUT2D eigenvalue weighted by atomic mass is 16.5. The first kappa shape index (κ1) is 13.5. The van der Waals surface area contributed by atoms with Crippen molar-refractivity contribution in [2.75, 3.05) is 13.2 Å². The third-order valence-electron chi connectivity index (χ3n) is 1.61. The van der Waals surface area contributed by atoms with E-state index < -0.39 is 11.4 Å². The van der Waals surface area contributed by atoms with Crippen LogP contribution >= 0.6 is 0 Å². The molecule has 0 heterocycles. The second-order valence-corrected chi connectivity index (χ2v) is 4.12. The number of terminal acetylenes is 1. The summed E-state index contributed by atoms with van der Waals surface area (Å²) in [6.07, 6.45) is 5.06. The molecular formula is C11H17NO3. The number of hydrogen-bond donors (Lipinski definition) is 1.